The van der Waals surface area contributed by atoms with E-state index in [1.54, 1.807) is 4.68 Å². The molecule has 0 radical (unpaired) electrons. The number of benzene rings is 2. The third-order valence-electron chi connectivity index (χ3n) is 6.10. The normalized spacial score (nSPS) is 18.8. The highest BCUT2D eigenvalue weighted by atomic mass is 16.5. The average molecular weight is 431 g/mol. The summed E-state index contributed by atoms with van der Waals surface area (Å²) < 4.78 is 8.50. The van der Waals surface area contributed by atoms with Gasteiger partial charge in [-0.2, -0.15) is 5.10 Å². The molecule has 1 saturated heterocycles. The fourth-order valence-electron chi connectivity index (χ4n) is 4.19. The first-order chi connectivity index (χ1) is 15.5. The molecule has 8 nitrogen and oxygen atoms in total. The van der Waals surface area contributed by atoms with Crippen molar-refractivity contribution in [2.24, 2.45) is 7.05 Å². The Bertz CT molecular complexity index is 1330. The van der Waals surface area contributed by atoms with Gasteiger partial charge in [-0.15, -0.1) is 5.10 Å². The Hall–Kier alpha value is -3.36. The summed E-state index contributed by atoms with van der Waals surface area (Å²) in [5.74, 6) is 0. The van der Waals surface area contributed by atoms with Gasteiger partial charge in [-0.1, -0.05) is 29.5 Å². The van der Waals surface area contributed by atoms with Gasteiger partial charge in [0.05, 0.1) is 23.8 Å². The van der Waals surface area contributed by atoms with Gasteiger partial charge in [0, 0.05) is 25.4 Å². The molecule has 2 aromatic heterocycles. The molecule has 2 aromatic carbocycles. The summed E-state index contributed by atoms with van der Waals surface area (Å²) in [7, 11) is 1.90. The van der Waals surface area contributed by atoms with E-state index in [9.17, 15) is 9.90 Å². The minimum atomic E-state index is -0.671. The van der Waals surface area contributed by atoms with E-state index >= 15 is 0 Å². The van der Waals surface area contributed by atoms with Crippen molar-refractivity contribution in [1.29, 1.82) is 0 Å². The number of hydrogen-bond acceptors (Lipinski definition) is 6. The van der Waals surface area contributed by atoms with E-state index in [2.05, 4.69) is 39.7 Å². The van der Waals surface area contributed by atoms with Crippen molar-refractivity contribution >= 4 is 10.9 Å². The van der Waals surface area contributed by atoms with E-state index in [1.807, 2.05) is 38.4 Å². The fourth-order valence-corrected chi connectivity index (χ4v) is 4.19. The maximum Gasteiger partial charge on any atom is 0.278 e. The molecule has 0 spiro atoms. The molecule has 0 aliphatic carbocycles. The molecule has 0 saturated carbocycles. The standard InChI is InChI=1S/C24H25N5O3/c1-15-11-21-19(24(31)29(27-25-21)22-14-32-10-8-23(22)30)13-18(15)12-16-3-5-17(6-4-16)20-7-9-28(2)26-20/h3-7,9,11,13,22-23,30H,8,10,12,14H2,1-2H3/t22-,23-/m0/s1. The maximum absolute atomic E-state index is 13.2. The van der Waals surface area contributed by atoms with Crippen LogP contribution in [0.2, 0.25) is 0 Å². The Kier molecular flexibility index (Phi) is 5.32. The Labute approximate surface area is 185 Å². The van der Waals surface area contributed by atoms with Gasteiger partial charge in [0.15, 0.2) is 0 Å². The van der Waals surface area contributed by atoms with Gasteiger partial charge >= 0.3 is 0 Å². The van der Waals surface area contributed by atoms with Crippen LogP contribution in [-0.4, -0.2) is 49.2 Å². The molecule has 5 rings (SSSR count). The van der Waals surface area contributed by atoms with Crippen molar-refractivity contribution in [3.05, 3.63) is 75.7 Å². The molecular weight excluding hydrogens is 406 g/mol. The van der Waals surface area contributed by atoms with Crippen LogP contribution in [0.5, 0.6) is 0 Å². The van der Waals surface area contributed by atoms with Crippen LogP contribution in [0, 0.1) is 6.92 Å². The fraction of sp³-hybridized carbons (Fsp3) is 0.333. The van der Waals surface area contributed by atoms with Crippen LogP contribution in [0.4, 0.5) is 0 Å². The number of aliphatic hydroxyl groups is 1. The molecule has 32 heavy (non-hydrogen) atoms. The summed E-state index contributed by atoms with van der Waals surface area (Å²) >= 11 is 0. The summed E-state index contributed by atoms with van der Waals surface area (Å²) in [6.45, 7) is 2.75. The second kappa shape index (κ2) is 8.29. The summed E-state index contributed by atoms with van der Waals surface area (Å²) in [5.41, 5.74) is 5.56. The minimum absolute atomic E-state index is 0.253. The number of aliphatic hydroxyl groups excluding tert-OH is 1. The summed E-state index contributed by atoms with van der Waals surface area (Å²) in [6.07, 6.45) is 2.43. The van der Waals surface area contributed by atoms with E-state index in [0.717, 1.165) is 27.9 Å². The molecule has 3 heterocycles. The van der Waals surface area contributed by atoms with Crippen molar-refractivity contribution < 1.29 is 9.84 Å². The van der Waals surface area contributed by atoms with E-state index in [-0.39, 0.29) is 12.2 Å². The largest absolute Gasteiger partial charge is 0.391 e. The lowest BCUT2D eigenvalue weighted by Gasteiger charge is -2.27. The Morgan fingerprint density at radius 3 is 2.72 bits per heavy atom. The monoisotopic (exact) mass is 431 g/mol. The summed E-state index contributed by atoms with van der Waals surface area (Å²) in [5, 5.41) is 23.6. The first-order valence-electron chi connectivity index (χ1n) is 10.7. The Morgan fingerprint density at radius 2 is 2.00 bits per heavy atom. The first kappa shape index (κ1) is 20.5. The molecule has 0 unspecified atom stereocenters. The molecule has 1 fully saturated rings. The highest BCUT2D eigenvalue weighted by molar-refractivity contribution is 5.79. The van der Waals surface area contributed by atoms with E-state index in [4.69, 9.17) is 4.74 Å². The van der Waals surface area contributed by atoms with E-state index in [0.29, 0.717) is 30.4 Å². The zero-order chi connectivity index (χ0) is 22.2. The molecular formula is C24H25N5O3. The second-order valence-electron chi connectivity index (χ2n) is 8.38. The predicted molar refractivity (Wildman–Crippen MR) is 120 cm³/mol. The highest BCUT2D eigenvalue weighted by Gasteiger charge is 2.28. The van der Waals surface area contributed by atoms with Crippen molar-refractivity contribution in [3.63, 3.8) is 0 Å². The van der Waals surface area contributed by atoms with Crippen molar-refractivity contribution in [3.8, 4) is 11.3 Å². The SMILES string of the molecule is Cc1cc2nnn([C@H]3COCC[C@@H]3O)c(=O)c2cc1Cc1ccc(-c2ccn(C)n2)cc1. The third-order valence-corrected chi connectivity index (χ3v) is 6.10. The molecule has 1 N–H and O–H groups in total. The lowest BCUT2D eigenvalue weighted by molar-refractivity contribution is -0.0352. The van der Waals surface area contributed by atoms with Crippen molar-refractivity contribution in [2.75, 3.05) is 13.2 Å². The van der Waals surface area contributed by atoms with Gasteiger partial charge in [-0.05, 0) is 54.7 Å². The smallest absolute Gasteiger partial charge is 0.278 e. The molecule has 4 aromatic rings. The highest BCUT2D eigenvalue weighted by Crippen LogP contribution is 2.23. The summed E-state index contributed by atoms with van der Waals surface area (Å²) in [4.78, 5) is 13.2. The maximum atomic E-state index is 13.2. The zero-order valence-electron chi connectivity index (χ0n) is 18.1. The van der Waals surface area contributed by atoms with Gasteiger partial charge in [0.1, 0.15) is 11.6 Å². The van der Waals surface area contributed by atoms with E-state index < -0.39 is 12.1 Å². The van der Waals surface area contributed by atoms with Gasteiger partial charge in [0.2, 0.25) is 0 Å². The van der Waals surface area contributed by atoms with E-state index in [1.165, 1.54) is 4.68 Å². The number of aromatic nitrogens is 5. The van der Waals surface area contributed by atoms with Gasteiger partial charge in [-0.25, -0.2) is 4.68 Å². The lowest BCUT2D eigenvalue weighted by Crippen LogP contribution is -2.41. The number of ether oxygens (including phenoxy) is 1. The molecule has 1 aliphatic heterocycles. The summed E-state index contributed by atoms with van der Waals surface area (Å²) in [6, 6.07) is 13.6. The average Bonchev–Trinajstić information content (AvgIpc) is 3.23. The Balaban J connectivity index is 1.46. The van der Waals surface area contributed by atoms with Crippen LogP contribution in [-0.2, 0) is 18.2 Å². The number of fused-ring (bicyclic) bond motifs is 1. The van der Waals surface area contributed by atoms with Crippen LogP contribution in [0.3, 0.4) is 0 Å². The van der Waals surface area contributed by atoms with Gasteiger partial charge in [-0.3, -0.25) is 9.48 Å². The van der Waals surface area contributed by atoms with Crippen LogP contribution in [0.1, 0.15) is 29.2 Å². The molecule has 1 aliphatic rings. The van der Waals surface area contributed by atoms with Crippen LogP contribution in [0.25, 0.3) is 22.2 Å². The molecule has 8 heteroatoms. The molecule has 164 valence electrons. The predicted octanol–water partition coefficient (Wildman–Crippen LogP) is 2.41. The van der Waals surface area contributed by atoms with Crippen LogP contribution >= 0.6 is 0 Å². The number of aryl methyl sites for hydroxylation is 2. The Morgan fingerprint density at radius 1 is 1.19 bits per heavy atom. The zero-order valence-corrected chi connectivity index (χ0v) is 18.1. The first-order valence-corrected chi connectivity index (χ1v) is 10.7. The molecule has 0 amide bonds. The number of hydrogen-bond donors (Lipinski definition) is 1. The van der Waals surface area contributed by atoms with Gasteiger partial charge < -0.3 is 9.84 Å². The van der Waals surface area contributed by atoms with Crippen LogP contribution in [0.15, 0.2) is 53.5 Å². The molecule has 0 bridgehead atoms. The van der Waals surface area contributed by atoms with Crippen LogP contribution < -0.4 is 5.56 Å². The number of nitrogens with zero attached hydrogens (tertiary/aromatic N) is 5. The number of rotatable bonds is 4. The molecule has 2 atom stereocenters. The minimum Gasteiger partial charge on any atom is -0.391 e. The second-order valence-corrected chi connectivity index (χ2v) is 8.38. The third kappa shape index (κ3) is 3.83. The topological polar surface area (TPSA) is 95.1 Å². The van der Waals surface area contributed by atoms with Crippen molar-refractivity contribution in [1.82, 2.24) is 24.8 Å². The quantitative estimate of drug-likeness (QED) is 0.533. The lowest BCUT2D eigenvalue weighted by atomic mass is 9.97. The van der Waals surface area contributed by atoms with Crippen molar-refractivity contribution in [2.45, 2.75) is 31.9 Å². The van der Waals surface area contributed by atoms with Gasteiger partial charge in [0.25, 0.3) is 5.56 Å².